The average Bonchev–Trinajstić information content (AvgIpc) is 4.44. The van der Waals surface area contributed by atoms with Crippen LogP contribution in [0.1, 0.15) is 34.9 Å². The van der Waals surface area contributed by atoms with Crippen molar-refractivity contribution >= 4 is 37.3 Å². The molecule has 54 heteroatoms. The van der Waals surface area contributed by atoms with Gasteiger partial charge in [0.15, 0.2) is 0 Å². The third-order valence-electron chi connectivity index (χ3n) is 7.67. The van der Waals surface area contributed by atoms with Gasteiger partial charge in [-0.05, 0) is 0 Å². The van der Waals surface area contributed by atoms with Crippen molar-refractivity contribution in [2.45, 2.75) is 0 Å². The minimum absolute atomic E-state index is 0. The molecule has 496 valence electrons. The molecule has 0 unspecified atom stereocenters. The van der Waals surface area contributed by atoms with Crippen molar-refractivity contribution in [2.75, 3.05) is 78.5 Å². The van der Waals surface area contributed by atoms with E-state index in [2.05, 4.69) is 99.6 Å². The minimum atomic E-state index is -4.94. The summed E-state index contributed by atoms with van der Waals surface area (Å²) < 4.78 is 204. The molecule has 90 heavy (non-hydrogen) atoms. The number of aliphatic imine (C=N–C) groups is 6. The fourth-order valence-corrected chi connectivity index (χ4v) is 4.86. The largest absolute Gasteiger partial charge is 2.00 e. The van der Waals surface area contributed by atoms with Crippen LogP contribution in [0.25, 0.3) is 0 Å². The van der Waals surface area contributed by atoms with E-state index in [1.54, 1.807) is 112 Å². The number of aromatic nitrogens is 12. The standard InChI is InChI=1S/2C18H24N10.6ClHO4.2Fe.2K/c2*1-2-23-16(22-1)13-19-7-10-28(11-8-20-14-17-24-3-4-25-17)12-9-21-15-18-26-5-6-27-18;6*2-1(3,4)5;;;;/h2*1-6,13-15H,7-12H2,(H,22,23)(H,24,25)(H,26,27);6*(H,2,3,4,5);;;;/q;;;;;;;;2*+2;2*+1/p-6. The molecular formula is C36H48Cl6Fe2K2N20O24. The Bertz CT molecular complexity index is 2150. The molecule has 0 saturated carbocycles. The number of H-pyrrole nitrogens is 6. The normalized spacial score (nSPS) is 11.7. The second kappa shape index (κ2) is 57.5. The van der Waals surface area contributed by atoms with Crippen molar-refractivity contribution in [2.24, 2.45) is 30.0 Å². The van der Waals surface area contributed by atoms with Crippen molar-refractivity contribution in [3.05, 3.63) is 109 Å². The molecule has 0 aliphatic carbocycles. The van der Waals surface area contributed by atoms with Gasteiger partial charge in [-0.15, -0.1) is 61.5 Å². The van der Waals surface area contributed by atoms with Gasteiger partial charge in [0.25, 0.3) is 0 Å². The fourth-order valence-electron chi connectivity index (χ4n) is 4.86. The molecule has 0 amide bonds. The van der Waals surface area contributed by atoms with Crippen molar-refractivity contribution in [3.63, 3.8) is 0 Å². The number of imidazole rings is 6. The smallest absolute Gasteiger partial charge is 0.344 e. The summed E-state index contributed by atoms with van der Waals surface area (Å²) in [7, 11) is -29.7. The summed E-state index contributed by atoms with van der Waals surface area (Å²) in [5.74, 6) is 4.57. The van der Waals surface area contributed by atoms with E-state index in [0.29, 0.717) is 39.3 Å². The molecule has 0 fully saturated rings. The Balaban J connectivity index is -0.000000263. The molecule has 6 rings (SSSR count). The summed E-state index contributed by atoms with van der Waals surface area (Å²) in [6.07, 6.45) is 31.5. The van der Waals surface area contributed by atoms with Gasteiger partial charge < -0.3 is 29.9 Å². The van der Waals surface area contributed by atoms with Crippen LogP contribution < -0.4 is 215 Å². The van der Waals surface area contributed by atoms with Crippen LogP contribution in [0.15, 0.2) is 104 Å². The van der Waals surface area contributed by atoms with Gasteiger partial charge in [-0.1, -0.05) is 0 Å². The van der Waals surface area contributed by atoms with Crippen molar-refractivity contribution in [3.8, 4) is 0 Å². The van der Waals surface area contributed by atoms with E-state index in [9.17, 15) is 0 Å². The van der Waals surface area contributed by atoms with Crippen LogP contribution in [0.2, 0.25) is 0 Å². The van der Waals surface area contributed by atoms with E-state index < -0.39 is 61.5 Å². The van der Waals surface area contributed by atoms with Crippen molar-refractivity contribution in [1.29, 1.82) is 0 Å². The predicted octanol–water partition coefficient (Wildman–Crippen LogP) is -32.9. The molecule has 0 spiro atoms. The van der Waals surface area contributed by atoms with E-state index in [0.717, 1.165) is 74.2 Å². The van der Waals surface area contributed by atoms with E-state index >= 15 is 0 Å². The SMILES string of the molecule is C(=NCCN(CCN=Cc1ncc[nH]1)CCN=Cc1ncc[nH]1)c1ncc[nH]1.C(=NCCN(CCN=Cc1ncc[nH]1)CCN=Cc1ncc[nH]1)c1ncc[nH]1.[Fe+2].[Fe+2].[K+].[K+].[O-][Cl+3]([O-])([O-])[O-].[O-][Cl+3]([O-])([O-])[O-].[O-][Cl+3]([O-])([O-])[O-].[O-][Cl+3]([O-])([O-])[O-].[O-][Cl+3]([O-])([O-])[O-].[O-][Cl+3]([O-])([O-])[O-]. The number of halogens is 6. The first-order valence-electron chi connectivity index (χ1n) is 21.9. The van der Waals surface area contributed by atoms with Crippen molar-refractivity contribution in [1.82, 2.24) is 69.6 Å². The summed E-state index contributed by atoms with van der Waals surface area (Å²) in [6.45, 7) is 9.05. The third kappa shape index (κ3) is 92.7. The second-order valence-corrected chi connectivity index (χ2v) is 18.5. The van der Waals surface area contributed by atoms with E-state index in [-0.39, 0.29) is 137 Å². The topological polar surface area (TPSA) is 806 Å². The van der Waals surface area contributed by atoms with Gasteiger partial charge in [0.1, 0.15) is 34.9 Å². The Kier molecular flexibility index (Phi) is 63.5. The first-order chi connectivity index (χ1) is 39.8. The maximum absolute atomic E-state index is 8.49. The summed E-state index contributed by atoms with van der Waals surface area (Å²) in [5, 5.41) is 0. The van der Waals surface area contributed by atoms with Gasteiger partial charge in [0, 0.05) is 114 Å². The molecule has 0 aliphatic rings. The molecule has 44 nitrogen and oxygen atoms in total. The molecule has 6 heterocycles. The molecule has 0 radical (unpaired) electrons. The maximum atomic E-state index is 8.49. The van der Waals surface area contributed by atoms with Crippen LogP contribution in [0.4, 0.5) is 0 Å². The van der Waals surface area contributed by atoms with Gasteiger partial charge >= 0.3 is 137 Å². The zero-order valence-corrected chi connectivity index (χ0v) is 58.9. The van der Waals surface area contributed by atoms with Gasteiger partial charge in [0.05, 0.1) is 76.6 Å². The Hall–Kier alpha value is -1.71. The minimum Gasteiger partial charge on any atom is -0.344 e. The average molecular weight is 1550 g/mol. The summed E-state index contributed by atoms with van der Waals surface area (Å²) >= 11 is 0. The van der Waals surface area contributed by atoms with Gasteiger partial charge in [-0.2, -0.15) is 0 Å². The van der Waals surface area contributed by atoms with E-state index in [1.807, 2.05) is 0 Å². The van der Waals surface area contributed by atoms with Crippen LogP contribution in [0.3, 0.4) is 0 Å². The zero-order chi connectivity index (χ0) is 65.6. The molecule has 0 saturated heterocycles. The van der Waals surface area contributed by atoms with Crippen LogP contribution in [0, 0.1) is 61.5 Å². The van der Waals surface area contributed by atoms with Crippen molar-refractivity contribution < 1.29 is 310 Å². The van der Waals surface area contributed by atoms with Gasteiger partial charge in [-0.3, -0.25) is 39.8 Å². The summed E-state index contributed by atoms with van der Waals surface area (Å²) in [4.78, 5) is 73.9. The monoisotopic (exact) mass is 1540 g/mol. The van der Waals surface area contributed by atoms with Crippen LogP contribution in [-0.2, 0) is 34.1 Å². The first-order valence-corrected chi connectivity index (χ1v) is 29.3. The Morgan fingerprint density at radius 3 is 0.467 bits per heavy atom. The molecule has 0 atom stereocenters. The molecule has 6 N–H and O–H groups in total. The number of hydrogen-bond acceptors (Lipinski definition) is 38. The number of hydrogen-bond donors (Lipinski definition) is 6. The first kappa shape index (κ1) is 99.3. The predicted molar refractivity (Wildman–Crippen MR) is 219 cm³/mol. The van der Waals surface area contributed by atoms with Gasteiger partial charge in [0.2, 0.25) is 0 Å². The Labute approximate surface area is 627 Å². The molecule has 6 aromatic heterocycles. The zero-order valence-electron chi connectivity index (χ0n) is 45.9. The number of rotatable bonds is 24. The van der Waals surface area contributed by atoms with Crippen LogP contribution in [0.5, 0.6) is 0 Å². The van der Waals surface area contributed by atoms with E-state index in [1.165, 1.54) is 0 Å². The Morgan fingerprint density at radius 1 is 0.267 bits per heavy atom. The fraction of sp³-hybridized carbons (Fsp3) is 0.333. The summed E-state index contributed by atoms with van der Waals surface area (Å²) in [6, 6.07) is 0. The third-order valence-corrected chi connectivity index (χ3v) is 7.67. The van der Waals surface area contributed by atoms with Crippen LogP contribution >= 0.6 is 0 Å². The molecule has 6 aromatic rings. The van der Waals surface area contributed by atoms with Crippen LogP contribution in [-0.4, -0.2) is 185 Å². The number of nitrogens with one attached hydrogen (secondary N) is 6. The molecule has 0 aliphatic heterocycles. The van der Waals surface area contributed by atoms with Gasteiger partial charge in [-0.25, -0.2) is 142 Å². The number of nitrogens with zero attached hydrogens (tertiary/aromatic N) is 14. The quantitative estimate of drug-likeness (QED) is 0.0242. The number of aromatic amines is 6. The van der Waals surface area contributed by atoms with E-state index in [4.69, 9.17) is 112 Å². The molecular weight excluding hydrogens is 1500 g/mol. The Morgan fingerprint density at radius 2 is 0.378 bits per heavy atom. The summed E-state index contributed by atoms with van der Waals surface area (Å²) in [5.41, 5.74) is 0. The molecule has 0 bridgehead atoms. The molecule has 0 aromatic carbocycles. The maximum Gasteiger partial charge on any atom is 2.00 e. The second-order valence-electron chi connectivity index (χ2n) is 14.0.